The van der Waals surface area contributed by atoms with Gasteiger partial charge in [0.2, 0.25) is 0 Å². The van der Waals surface area contributed by atoms with Crippen LogP contribution in [0.25, 0.3) is 0 Å². The highest BCUT2D eigenvalue weighted by Gasteiger charge is 2.32. The topological polar surface area (TPSA) is 38.8 Å². The van der Waals surface area contributed by atoms with Crippen LogP contribution < -0.4 is 0 Å². The third-order valence-electron chi connectivity index (χ3n) is 4.48. The van der Waals surface area contributed by atoms with Gasteiger partial charge in [0.05, 0.1) is 19.3 Å². The van der Waals surface area contributed by atoms with E-state index in [9.17, 15) is 4.79 Å². The van der Waals surface area contributed by atoms with E-state index >= 15 is 0 Å². The van der Waals surface area contributed by atoms with Gasteiger partial charge in [0.25, 0.3) is 5.91 Å². The summed E-state index contributed by atoms with van der Waals surface area (Å²) < 4.78 is 11.2. The zero-order chi connectivity index (χ0) is 14.8. The van der Waals surface area contributed by atoms with Gasteiger partial charge in [-0.1, -0.05) is 6.07 Å². The van der Waals surface area contributed by atoms with Gasteiger partial charge in [0, 0.05) is 31.2 Å². The molecular weight excluding hydrogens is 266 g/mol. The molecule has 1 aromatic carbocycles. The van der Waals surface area contributed by atoms with Gasteiger partial charge in [-0.05, 0) is 43.5 Å². The van der Waals surface area contributed by atoms with Gasteiger partial charge in [-0.2, -0.15) is 0 Å². The summed E-state index contributed by atoms with van der Waals surface area (Å²) in [5.41, 5.74) is 3.16. The minimum absolute atomic E-state index is 0.113. The molecule has 1 unspecified atom stereocenters. The van der Waals surface area contributed by atoms with Crippen molar-refractivity contribution < 1.29 is 14.3 Å². The smallest absolute Gasteiger partial charge is 0.254 e. The molecule has 2 fully saturated rings. The van der Waals surface area contributed by atoms with Gasteiger partial charge < -0.3 is 14.4 Å². The minimum atomic E-state index is 0.113. The van der Waals surface area contributed by atoms with Gasteiger partial charge >= 0.3 is 0 Å². The number of hydrogen-bond acceptors (Lipinski definition) is 3. The zero-order valence-electron chi connectivity index (χ0n) is 12.8. The molecular formula is C17H23NO3. The Balaban J connectivity index is 1.46. The highest BCUT2D eigenvalue weighted by atomic mass is 16.5. The van der Waals surface area contributed by atoms with E-state index < -0.39 is 0 Å². The lowest BCUT2D eigenvalue weighted by Gasteiger charge is -2.39. The minimum Gasteiger partial charge on any atom is -0.381 e. The quantitative estimate of drug-likeness (QED) is 0.853. The molecule has 0 bridgehead atoms. The van der Waals surface area contributed by atoms with Crippen molar-refractivity contribution in [1.29, 1.82) is 0 Å². The second kappa shape index (κ2) is 6.16. The summed E-state index contributed by atoms with van der Waals surface area (Å²) in [6.07, 6.45) is 1.29. The van der Waals surface area contributed by atoms with E-state index in [0.29, 0.717) is 19.0 Å². The maximum atomic E-state index is 12.3. The van der Waals surface area contributed by atoms with E-state index in [4.69, 9.17) is 9.47 Å². The summed E-state index contributed by atoms with van der Waals surface area (Å²) in [7, 11) is 0. The van der Waals surface area contributed by atoms with Crippen LogP contribution in [0.5, 0.6) is 0 Å². The van der Waals surface area contributed by atoms with Crippen LogP contribution in [0.3, 0.4) is 0 Å². The molecule has 21 heavy (non-hydrogen) atoms. The number of carbonyl (C=O) groups is 1. The average Bonchev–Trinajstić information content (AvgIpc) is 2.93. The van der Waals surface area contributed by atoms with E-state index in [2.05, 4.69) is 6.92 Å². The Labute approximate surface area is 126 Å². The molecule has 3 rings (SSSR count). The molecule has 2 heterocycles. The molecule has 2 aliphatic heterocycles. The number of amides is 1. The highest BCUT2D eigenvalue weighted by Crippen LogP contribution is 2.20. The molecule has 2 saturated heterocycles. The van der Waals surface area contributed by atoms with Crippen molar-refractivity contribution in [3.05, 3.63) is 34.9 Å². The maximum Gasteiger partial charge on any atom is 0.254 e. The van der Waals surface area contributed by atoms with Crippen LogP contribution in [-0.4, -0.2) is 49.8 Å². The molecule has 0 spiro atoms. The van der Waals surface area contributed by atoms with Crippen molar-refractivity contribution >= 4 is 5.91 Å². The molecule has 1 aromatic rings. The standard InChI is InChI=1S/C17H23NO3/c1-12-3-4-15(7-13(12)2)17(19)18-8-16(9-18)21-11-14-5-6-20-10-14/h3-4,7,14,16H,5-6,8-11H2,1-2H3. The number of carbonyl (C=O) groups excluding carboxylic acids is 1. The average molecular weight is 289 g/mol. The summed E-state index contributed by atoms with van der Waals surface area (Å²) in [4.78, 5) is 14.2. The molecule has 4 heteroatoms. The fourth-order valence-electron chi connectivity index (χ4n) is 2.75. The van der Waals surface area contributed by atoms with Crippen LogP contribution in [0.2, 0.25) is 0 Å². The fourth-order valence-corrected chi connectivity index (χ4v) is 2.75. The molecule has 0 saturated carbocycles. The van der Waals surface area contributed by atoms with E-state index in [0.717, 1.165) is 37.4 Å². The molecule has 0 aromatic heterocycles. The van der Waals surface area contributed by atoms with Crippen molar-refractivity contribution in [2.24, 2.45) is 5.92 Å². The van der Waals surface area contributed by atoms with Crippen molar-refractivity contribution in [3.63, 3.8) is 0 Å². The van der Waals surface area contributed by atoms with Crippen molar-refractivity contribution in [2.75, 3.05) is 32.9 Å². The van der Waals surface area contributed by atoms with Crippen LogP contribution in [-0.2, 0) is 9.47 Å². The predicted octanol–water partition coefficient (Wildman–Crippen LogP) is 2.18. The zero-order valence-corrected chi connectivity index (χ0v) is 12.8. The van der Waals surface area contributed by atoms with Crippen LogP contribution >= 0.6 is 0 Å². The fraction of sp³-hybridized carbons (Fsp3) is 0.588. The Morgan fingerprint density at radius 2 is 2.14 bits per heavy atom. The first-order chi connectivity index (χ1) is 10.1. The Morgan fingerprint density at radius 3 is 2.81 bits per heavy atom. The Morgan fingerprint density at radius 1 is 1.33 bits per heavy atom. The third kappa shape index (κ3) is 3.27. The second-order valence-electron chi connectivity index (χ2n) is 6.19. The molecule has 1 atom stereocenters. The number of ether oxygens (including phenoxy) is 2. The normalized spacial score (nSPS) is 22.4. The van der Waals surface area contributed by atoms with E-state index in [1.165, 1.54) is 5.56 Å². The van der Waals surface area contributed by atoms with Gasteiger partial charge in [0.1, 0.15) is 0 Å². The van der Waals surface area contributed by atoms with Gasteiger partial charge in [-0.25, -0.2) is 0 Å². The van der Waals surface area contributed by atoms with Crippen molar-refractivity contribution in [2.45, 2.75) is 26.4 Å². The van der Waals surface area contributed by atoms with E-state index in [1.54, 1.807) is 0 Å². The van der Waals surface area contributed by atoms with E-state index in [-0.39, 0.29) is 12.0 Å². The first-order valence-electron chi connectivity index (χ1n) is 7.69. The van der Waals surface area contributed by atoms with Gasteiger partial charge in [0.15, 0.2) is 0 Å². The lowest BCUT2D eigenvalue weighted by atomic mass is 10.0. The Kier molecular flexibility index (Phi) is 4.27. The predicted molar refractivity (Wildman–Crippen MR) is 80.5 cm³/mol. The van der Waals surface area contributed by atoms with Gasteiger partial charge in [-0.3, -0.25) is 4.79 Å². The molecule has 0 radical (unpaired) electrons. The first-order valence-corrected chi connectivity index (χ1v) is 7.69. The van der Waals surface area contributed by atoms with Crippen LogP contribution in [0, 0.1) is 19.8 Å². The number of hydrogen-bond donors (Lipinski definition) is 0. The van der Waals surface area contributed by atoms with Crippen molar-refractivity contribution in [1.82, 2.24) is 4.90 Å². The molecule has 114 valence electrons. The number of aryl methyl sites for hydroxylation is 2. The molecule has 0 aliphatic carbocycles. The Hall–Kier alpha value is -1.39. The number of nitrogens with zero attached hydrogens (tertiary/aromatic N) is 1. The summed E-state index contributed by atoms with van der Waals surface area (Å²) in [5, 5.41) is 0. The summed E-state index contributed by atoms with van der Waals surface area (Å²) in [5.74, 6) is 0.650. The maximum absolute atomic E-state index is 12.3. The van der Waals surface area contributed by atoms with Crippen LogP contribution in [0.1, 0.15) is 27.9 Å². The van der Waals surface area contributed by atoms with Crippen molar-refractivity contribution in [3.8, 4) is 0 Å². The largest absolute Gasteiger partial charge is 0.381 e. The lowest BCUT2D eigenvalue weighted by Crippen LogP contribution is -2.55. The Bertz CT molecular complexity index is 517. The number of benzene rings is 1. The summed E-state index contributed by atoms with van der Waals surface area (Å²) in [6.45, 7) is 7.95. The monoisotopic (exact) mass is 289 g/mol. The van der Waals surface area contributed by atoms with Crippen LogP contribution in [0.4, 0.5) is 0 Å². The van der Waals surface area contributed by atoms with E-state index in [1.807, 2.05) is 30.0 Å². The highest BCUT2D eigenvalue weighted by molar-refractivity contribution is 5.95. The van der Waals surface area contributed by atoms with Crippen LogP contribution in [0.15, 0.2) is 18.2 Å². The third-order valence-corrected chi connectivity index (χ3v) is 4.48. The molecule has 0 N–H and O–H groups in total. The lowest BCUT2D eigenvalue weighted by molar-refractivity contribution is -0.0541. The molecule has 2 aliphatic rings. The first kappa shape index (κ1) is 14.5. The van der Waals surface area contributed by atoms with Gasteiger partial charge in [-0.15, -0.1) is 0 Å². The molecule has 1 amide bonds. The molecule has 4 nitrogen and oxygen atoms in total. The second-order valence-corrected chi connectivity index (χ2v) is 6.19. The number of likely N-dealkylation sites (tertiary alicyclic amines) is 1. The summed E-state index contributed by atoms with van der Waals surface area (Å²) in [6, 6.07) is 5.90. The SMILES string of the molecule is Cc1ccc(C(=O)N2CC(OCC3CCOC3)C2)cc1C. The number of rotatable bonds is 4. The summed E-state index contributed by atoms with van der Waals surface area (Å²) >= 11 is 0.